The third-order valence-corrected chi connectivity index (χ3v) is 6.15. The molecule has 180 valence electrons. The monoisotopic (exact) mass is 485 g/mol. The van der Waals surface area contributed by atoms with Crippen LogP contribution in [0, 0.1) is 0 Å². The van der Waals surface area contributed by atoms with Crippen LogP contribution < -0.4 is 16.4 Å². The molecule has 0 saturated carbocycles. The molecule has 1 fully saturated rings. The maximum atomic E-state index is 13.0. The first kappa shape index (κ1) is 23.8. The zero-order valence-electron chi connectivity index (χ0n) is 18.8. The van der Waals surface area contributed by atoms with Gasteiger partial charge in [-0.05, 0) is 31.9 Å². The van der Waals surface area contributed by atoms with E-state index in [1.807, 2.05) is 6.92 Å². The second-order valence-electron chi connectivity index (χ2n) is 7.63. The van der Waals surface area contributed by atoms with E-state index in [1.54, 1.807) is 34.6 Å². The Morgan fingerprint density at radius 3 is 2.91 bits per heavy atom. The van der Waals surface area contributed by atoms with Crippen LogP contribution in [0.4, 0.5) is 11.5 Å². The van der Waals surface area contributed by atoms with Crippen LogP contribution in [0.25, 0.3) is 10.6 Å². The fourth-order valence-electron chi connectivity index (χ4n) is 3.53. The molecule has 0 aromatic carbocycles. The molecule has 3 aromatic rings. The largest absolute Gasteiger partial charge is 0.384 e. The Labute approximate surface area is 200 Å². The van der Waals surface area contributed by atoms with Crippen LogP contribution in [0.3, 0.4) is 0 Å². The van der Waals surface area contributed by atoms with Crippen molar-refractivity contribution >= 4 is 34.7 Å². The Morgan fingerprint density at radius 2 is 2.15 bits per heavy atom. The summed E-state index contributed by atoms with van der Waals surface area (Å²) in [5.41, 5.74) is 7.23. The fourth-order valence-corrected chi connectivity index (χ4v) is 4.33. The molecule has 2 amide bonds. The number of thiazole rings is 1. The molecule has 0 atom stereocenters. The second kappa shape index (κ2) is 11.2. The number of rotatable bonds is 9. The third kappa shape index (κ3) is 5.76. The first-order valence-electron chi connectivity index (χ1n) is 11.1. The summed E-state index contributed by atoms with van der Waals surface area (Å²) in [4.78, 5) is 34.2. The van der Waals surface area contributed by atoms with Crippen molar-refractivity contribution in [2.45, 2.75) is 25.8 Å². The van der Waals surface area contributed by atoms with Gasteiger partial charge in [-0.25, -0.2) is 9.97 Å². The first-order chi connectivity index (χ1) is 16.5. The summed E-state index contributed by atoms with van der Waals surface area (Å²) in [5.74, 6) is -0.439. The standard InChI is InChI=1S/C22H27N7O4S/c1-2-32-10-7-25-21(31)19-16(12-29(28-19)15-4-8-33-9-5-15)26-20(30)17-13-34-22(27-17)14-3-6-24-18(23)11-14/h3,6,11-13,15H,2,4-5,7-10H2,1H3,(H2,23,24)(H,25,31)(H,26,30). The Bertz CT molecular complexity index is 1140. The smallest absolute Gasteiger partial charge is 0.275 e. The van der Waals surface area contributed by atoms with Gasteiger partial charge in [-0.2, -0.15) is 5.10 Å². The van der Waals surface area contributed by atoms with Gasteiger partial charge in [0.25, 0.3) is 11.8 Å². The van der Waals surface area contributed by atoms with E-state index in [2.05, 4.69) is 25.7 Å². The zero-order chi connectivity index (χ0) is 23.9. The third-order valence-electron chi connectivity index (χ3n) is 5.26. The summed E-state index contributed by atoms with van der Waals surface area (Å²) < 4.78 is 12.4. The number of anilines is 2. The summed E-state index contributed by atoms with van der Waals surface area (Å²) in [6, 6.07) is 3.57. The van der Waals surface area contributed by atoms with Gasteiger partial charge in [0.2, 0.25) is 0 Å². The van der Waals surface area contributed by atoms with Gasteiger partial charge in [0.1, 0.15) is 16.5 Å². The maximum Gasteiger partial charge on any atom is 0.275 e. The normalized spacial score (nSPS) is 14.1. The van der Waals surface area contributed by atoms with Gasteiger partial charge >= 0.3 is 0 Å². The second-order valence-corrected chi connectivity index (χ2v) is 8.49. The van der Waals surface area contributed by atoms with E-state index >= 15 is 0 Å². The summed E-state index contributed by atoms with van der Waals surface area (Å²) >= 11 is 1.32. The van der Waals surface area contributed by atoms with Crippen LogP contribution in [-0.4, -0.2) is 64.5 Å². The lowest BCUT2D eigenvalue weighted by molar-refractivity contribution is 0.0660. The minimum absolute atomic E-state index is 0.0948. The summed E-state index contributed by atoms with van der Waals surface area (Å²) in [6.45, 7) is 4.45. The first-order valence-corrected chi connectivity index (χ1v) is 11.9. The Hall–Kier alpha value is -3.35. The average molecular weight is 486 g/mol. The van der Waals surface area contributed by atoms with Gasteiger partial charge in [-0.1, -0.05) is 0 Å². The van der Waals surface area contributed by atoms with Crippen LogP contribution in [0.15, 0.2) is 29.9 Å². The number of nitrogens with two attached hydrogens (primary N) is 1. The van der Waals surface area contributed by atoms with E-state index in [-0.39, 0.29) is 23.3 Å². The van der Waals surface area contributed by atoms with E-state index in [9.17, 15) is 9.59 Å². The van der Waals surface area contributed by atoms with Crippen molar-refractivity contribution in [3.8, 4) is 10.6 Å². The number of ether oxygens (including phenoxy) is 2. The van der Waals surface area contributed by atoms with Gasteiger partial charge in [-0.3, -0.25) is 14.3 Å². The lowest BCUT2D eigenvalue weighted by Gasteiger charge is -2.22. The van der Waals surface area contributed by atoms with E-state index in [4.69, 9.17) is 15.2 Å². The molecule has 0 radical (unpaired) electrons. The van der Waals surface area contributed by atoms with E-state index in [1.165, 1.54) is 11.3 Å². The van der Waals surface area contributed by atoms with Gasteiger partial charge in [0.15, 0.2) is 5.69 Å². The Kier molecular flexibility index (Phi) is 7.83. The number of nitrogen functional groups attached to an aromatic ring is 1. The molecule has 0 unspecified atom stereocenters. The summed E-state index contributed by atoms with van der Waals surface area (Å²) in [6.07, 6.45) is 4.85. The van der Waals surface area contributed by atoms with Crippen molar-refractivity contribution in [1.29, 1.82) is 0 Å². The molecule has 4 rings (SSSR count). The number of nitrogens with zero attached hydrogens (tertiary/aromatic N) is 4. The lowest BCUT2D eigenvalue weighted by Crippen LogP contribution is -2.29. The highest BCUT2D eigenvalue weighted by Gasteiger charge is 2.24. The number of carbonyl (C=O) groups is 2. The Balaban J connectivity index is 1.52. The van der Waals surface area contributed by atoms with Crippen molar-refractivity contribution in [3.05, 3.63) is 41.3 Å². The average Bonchev–Trinajstić information content (AvgIpc) is 3.50. The molecule has 3 aromatic heterocycles. The maximum absolute atomic E-state index is 13.0. The van der Waals surface area contributed by atoms with Crippen molar-refractivity contribution in [2.75, 3.05) is 44.0 Å². The predicted molar refractivity (Wildman–Crippen MR) is 128 cm³/mol. The van der Waals surface area contributed by atoms with Gasteiger partial charge in [0, 0.05) is 49.7 Å². The van der Waals surface area contributed by atoms with Crippen LogP contribution in [-0.2, 0) is 9.47 Å². The quantitative estimate of drug-likeness (QED) is 0.392. The summed E-state index contributed by atoms with van der Waals surface area (Å²) in [7, 11) is 0. The molecule has 4 heterocycles. The molecule has 0 aliphatic carbocycles. The Morgan fingerprint density at radius 1 is 1.32 bits per heavy atom. The highest BCUT2D eigenvalue weighted by Crippen LogP contribution is 2.27. The van der Waals surface area contributed by atoms with Crippen molar-refractivity contribution < 1.29 is 19.1 Å². The number of amides is 2. The zero-order valence-corrected chi connectivity index (χ0v) is 19.6. The van der Waals surface area contributed by atoms with E-state index < -0.39 is 5.91 Å². The van der Waals surface area contributed by atoms with E-state index in [0.717, 1.165) is 18.4 Å². The van der Waals surface area contributed by atoms with Crippen molar-refractivity contribution in [3.63, 3.8) is 0 Å². The highest BCUT2D eigenvalue weighted by molar-refractivity contribution is 7.13. The van der Waals surface area contributed by atoms with Crippen LogP contribution >= 0.6 is 11.3 Å². The molecular formula is C22H27N7O4S. The molecule has 12 heteroatoms. The van der Waals surface area contributed by atoms with Crippen molar-refractivity contribution in [2.24, 2.45) is 0 Å². The predicted octanol–water partition coefficient (Wildman–Crippen LogP) is 2.35. The number of pyridine rings is 1. The molecule has 0 spiro atoms. The van der Waals surface area contributed by atoms with Gasteiger partial charge in [0.05, 0.1) is 18.3 Å². The fraction of sp³-hybridized carbons (Fsp3) is 0.409. The van der Waals surface area contributed by atoms with Crippen molar-refractivity contribution in [1.82, 2.24) is 25.1 Å². The molecule has 4 N–H and O–H groups in total. The summed E-state index contributed by atoms with van der Waals surface area (Å²) in [5, 5.41) is 12.4. The van der Waals surface area contributed by atoms with Crippen LogP contribution in [0.1, 0.15) is 46.8 Å². The van der Waals surface area contributed by atoms with Gasteiger partial charge < -0.3 is 25.8 Å². The van der Waals surface area contributed by atoms with Crippen LogP contribution in [0.2, 0.25) is 0 Å². The highest BCUT2D eigenvalue weighted by atomic mass is 32.1. The molecule has 0 bridgehead atoms. The minimum Gasteiger partial charge on any atom is -0.384 e. The molecule has 1 aliphatic heterocycles. The molecule has 1 saturated heterocycles. The van der Waals surface area contributed by atoms with E-state index in [0.29, 0.717) is 49.5 Å². The van der Waals surface area contributed by atoms with Gasteiger partial charge in [-0.15, -0.1) is 11.3 Å². The number of carbonyl (C=O) groups excluding carboxylic acids is 2. The van der Waals surface area contributed by atoms with Crippen LogP contribution in [0.5, 0.6) is 0 Å². The topological polar surface area (TPSA) is 146 Å². The molecule has 11 nitrogen and oxygen atoms in total. The molecule has 34 heavy (non-hydrogen) atoms. The molecule has 1 aliphatic rings. The number of aromatic nitrogens is 4. The molecular weight excluding hydrogens is 458 g/mol. The minimum atomic E-state index is -0.431. The number of nitrogens with one attached hydrogen (secondary N) is 2. The SMILES string of the molecule is CCOCCNC(=O)c1nn(C2CCOCC2)cc1NC(=O)c1csc(-c2ccnc(N)c2)n1. The number of hydrogen-bond donors (Lipinski definition) is 3. The lowest BCUT2D eigenvalue weighted by atomic mass is 10.1. The number of hydrogen-bond acceptors (Lipinski definition) is 9.